The van der Waals surface area contributed by atoms with Gasteiger partial charge in [0, 0.05) is 46.1 Å². The third-order valence-electron chi connectivity index (χ3n) is 8.89. The van der Waals surface area contributed by atoms with Crippen LogP contribution in [0.5, 0.6) is 0 Å². The van der Waals surface area contributed by atoms with Gasteiger partial charge in [-0.15, -0.1) is 0 Å². The van der Waals surface area contributed by atoms with Crippen molar-refractivity contribution in [2.24, 2.45) is 0 Å². The Morgan fingerprint density at radius 2 is 0.711 bits per heavy atom. The lowest BCUT2D eigenvalue weighted by atomic mass is 9.94. The van der Waals surface area contributed by atoms with Crippen molar-refractivity contribution in [2.45, 2.75) is 44.9 Å². The van der Waals surface area contributed by atoms with Crippen LogP contribution in [-0.4, -0.2) is 72.7 Å². The van der Waals surface area contributed by atoms with Gasteiger partial charge in [0.05, 0.1) is 0 Å². The number of rotatable bonds is 16. The van der Waals surface area contributed by atoms with Gasteiger partial charge in [0.15, 0.2) is 0 Å². The van der Waals surface area contributed by atoms with Crippen LogP contribution in [0.1, 0.15) is 86.4 Å². The first-order valence-electron chi connectivity index (χ1n) is 16.2. The average Bonchev–Trinajstić information content (AvgIpc) is 3.06. The first-order chi connectivity index (χ1) is 22.1. The number of unbranched alkanes of at least 4 members (excludes halogenated alkanes) is 4. The number of hydrogen-bond acceptors (Lipinski definition) is 6. The van der Waals surface area contributed by atoms with Gasteiger partial charge in [-0.1, -0.05) is 67.8 Å². The number of carbonyl (C=O) groups is 4. The molecule has 232 valence electrons. The third-order valence-corrected chi connectivity index (χ3v) is 8.89. The molecule has 0 spiro atoms. The summed E-state index contributed by atoms with van der Waals surface area (Å²) < 4.78 is 0. The fourth-order valence-electron chi connectivity index (χ4n) is 6.57. The summed E-state index contributed by atoms with van der Waals surface area (Å²) in [4.78, 5) is 54.7. The number of nitrogens with zero attached hydrogens (tertiary/aromatic N) is 2. The van der Waals surface area contributed by atoms with Gasteiger partial charge in [-0.05, 0) is 86.9 Å². The molecular weight excluding hydrogens is 564 g/mol. The van der Waals surface area contributed by atoms with Gasteiger partial charge >= 0.3 is 0 Å². The fourth-order valence-corrected chi connectivity index (χ4v) is 6.57. The average molecular weight is 605 g/mol. The fraction of sp³-hybridized carbons (Fsp3) is 0.351. The zero-order chi connectivity index (χ0) is 31.2. The Morgan fingerprint density at radius 1 is 0.400 bits per heavy atom. The molecule has 0 atom stereocenters. The molecule has 0 unspecified atom stereocenters. The maximum Gasteiger partial charge on any atom is 0.261 e. The minimum Gasteiger partial charge on any atom is -0.317 e. The molecular formula is C37H40N4O4. The van der Waals surface area contributed by atoms with Crippen LogP contribution in [0.4, 0.5) is 0 Å². The van der Waals surface area contributed by atoms with Crippen molar-refractivity contribution in [2.75, 3.05) is 39.3 Å². The van der Waals surface area contributed by atoms with Crippen LogP contribution in [-0.2, 0) is 0 Å². The molecule has 2 N–H and O–H groups in total. The summed E-state index contributed by atoms with van der Waals surface area (Å²) in [5, 5.41) is 10.3. The molecule has 4 aromatic carbocycles. The van der Waals surface area contributed by atoms with Crippen molar-refractivity contribution in [3.63, 3.8) is 0 Å². The van der Waals surface area contributed by atoms with E-state index in [9.17, 15) is 19.2 Å². The molecule has 2 heterocycles. The van der Waals surface area contributed by atoms with Gasteiger partial charge in [-0.2, -0.15) is 0 Å². The van der Waals surface area contributed by atoms with Gasteiger partial charge in [-0.25, -0.2) is 0 Å². The second-order valence-electron chi connectivity index (χ2n) is 11.9. The van der Waals surface area contributed by atoms with Crippen molar-refractivity contribution in [3.8, 4) is 0 Å². The van der Waals surface area contributed by atoms with Gasteiger partial charge in [-0.3, -0.25) is 29.0 Å². The molecule has 0 bridgehead atoms. The zero-order valence-corrected chi connectivity index (χ0v) is 25.6. The van der Waals surface area contributed by atoms with Crippen LogP contribution in [0.2, 0.25) is 0 Å². The molecule has 0 aliphatic carbocycles. The highest BCUT2D eigenvalue weighted by Crippen LogP contribution is 2.31. The van der Waals surface area contributed by atoms with Gasteiger partial charge in [0.25, 0.3) is 23.6 Å². The van der Waals surface area contributed by atoms with Gasteiger partial charge < -0.3 is 10.6 Å². The van der Waals surface area contributed by atoms with E-state index in [2.05, 4.69) is 10.6 Å². The predicted octanol–water partition coefficient (Wildman–Crippen LogP) is 5.80. The lowest BCUT2D eigenvalue weighted by Gasteiger charge is -2.27. The lowest BCUT2D eigenvalue weighted by Crippen LogP contribution is -2.41. The molecule has 4 aromatic rings. The van der Waals surface area contributed by atoms with E-state index >= 15 is 0 Å². The van der Waals surface area contributed by atoms with Gasteiger partial charge in [0.1, 0.15) is 0 Å². The van der Waals surface area contributed by atoms with Crippen molar-refractivity contribution < 1.29 is 19.2 Å². The van der Waals surface area contributed by atoms with E-state index in [0.29, 0.717) is 35.3 Å². The van der Waals surface area contributed by atoms with Crippen molar-refractivity contribution in [3.05, 3.63) is 95.1 Å². The van der Waals surface area contributed by atoms with Crippen molar-refractivity contribution in [1.29, 1.82) is 0 Å². The SMILES string of the molecule is O=C1c2cccc3cccc(c23)C(=O)N1CCCNCCCCCCCNCCCN1C(=O)c2cccc3cccc(c23)C1=O. The number of amides is 4. The lowest BCUT2D eigenvalue weighted by molar-refractivity contribution is 0.0593. The maximum atomic E-state index is 13.0. The highest BCUT2D eigenvalue weighted by atomic mass is 16.2. The second-order valence-corrected chi connectivity index (χ2v) is 11.9. The number of carbonyl (C=O) groups excluding carboxylic acids is 4. The molecule has 0 saturated heterocycles. The minimum atomic E-state index is -0.199. The third kappa shape index (κ3) is 6.39. The Morgan fingerprint density at radius 3 is 1.07 bits per heavy atom. The van der Waals surface area contributed by atoms with E-state index < -0.39 is 0 Å². The number of hydrogen-bond donors (Lipinski definition) is 2. The molecule has 2 aliphatic rings. The second kappa shape index (κ2) is 14.1. The van der Waals surface area contributed by atoms with E-state index in [1.165, 1.54) is 16.2 Å². The molecule has 6 rings (SSSR count). The Kier molecular flexibility index (Phi) is 9.62. The zero-order valence-electron chi connectivity index (χ0n) is 25.6. The summed E-state index contributed by atoms with van der Waals surface area (Å²) in [7, 11) is 0. The Balaban J connectivity index is 0.790. The van der Waals surface area contributed by atoms with Crippen LogP contribution in [0.25, 0.3) is 21.5 Å². The van der Waals surface area contributed by atoms with E-state index in [0.717, 1.165) is 86.2 Å². The first-order valence-corrected chi connectivity index (χ1v) is 16.2. The molecule has 2 aliphatic heterocycles. The van der Waals surface area contributed by atoms with Crippen LogP contribution in [0.15, 0.2) is 72.8 Å². The molecule has 0 radical (unpaired) electrons. The van der Waals surface area contributed by atoms with Gasteiger partial charge in [0.2, 0.25) is 0 Å². The summed E-state index contributed by atoms with van der Waals surface area (Å²) in [6.07, 6.45) is 7.13. The Bertz CT molecular complexity index is 1520. The summed E-state index contributed by atoms with van der Waals surface area (Å²) in [6.45, 7) is 4.22. The maximum absolute atomic E-state index is 13.0. The highest BCUT2D eigenvalue weighted by Gasteiger charge is 2.33. The van der Waals surface area contributed by atoms with E-state index in [1.807, 2.05) is 72.8 Å². The number of nitrogens with one attached hydrogen (secondary N) is 2. The molecule has 8 heteroatoms. The Hall–Kier alpha value is -4.40. The number of imide groups is 2. The van der Waals surface area contributed by atoms with E-state index in [4.69, 9.17) is 0 Å². The highest BCUT2D eigenvalue weighted by molar-refractivity contribution is 6.26. The van der Waals surface area contributed by atoms with Crippen LogP contribution >= 0.6 is 0 Å². The standard InChI is InChI=1S/C37H40N4O4/c42-34-28-16-6-12-26-13-7-17-29(32(26)28)35(43)40(34)24-10-22-38-20-4-2-1-3-5-21-39-23-11-25-41-36(44)30-18-8-14-27-15-9-19-31(33(27)30)37(41)45/h6-9,12-19,38-39H,1-5,10-11,20-25H2. The summed E-state index contributed by atoms with van der Waals surface area (Å²) in [5.41, 5.74) is 2.45. The number of benzene rings is 4. The molecule has 0 aromatic heterocycles. The largest absolute Gasteiger partial charge is 0.317 e. The first kappa shape index (κ1) is 30.6. The van der Waals surface area contributed by atoms with Crippen molar-refractivity contribution >= 4 is 45.2 Å². The molecule has 0 fully saturated rings. The Labute approximate surface area is 263 Å². The monoisotopic (exact) mass is 604 g/mol. The summed E-state index contributed by atoms with van der Waals surface area (Å²) in [5.74, 6) is -0.796. The van der Waals surface area contributed by atoms with Crippen molar-refractivity contribution in [1.82, 2.24) is 20.4 Å². The smallest absolute Gasteiger partial charge is 0.261 e. The van der Waals surface area contributed by atoms with E-state index in [1.54, 1.807) is 0 Å². The van der Waals surface area contributed by atoms with Crippen LogP contribution in [0, 0.1) is 0 Å². The van der Waals surface area contributed by atoms with E-state index in [-0.39, 0.29) is 23.6 Å². The molecule has 4 amide bonds. The quantitative estimate of drug-likeness (QED) is 0.124. The minimum absolute atomic E-state index is 0.199. The molecule has 0 saturated carbocycles. The topological polar surface area (TPSA) is 98.8 Å². The summed E-state index contributed by atoms with van der Waals surface area (Å²) in [6, 6.07) is 22.5. The van der Waals surface area contributed by atoms with Crippen LogP contribution in [0.3, 0.4) is 0 Å². The van der Waals surface area contributed by atoms with Crippen LogP contribution < -0.4 is 10.6 Å². The predicted molar refractivity (Wildman–Crippen MR) is 177 cm³/mol. The normalized spacial score (nSPS) is 14.3. The summed E-state index contributed by atoms with van der Waals surface area (Å²) >= 11 is 0. The molecule has 8 nitrogen and oxygen atoms in total. The molecule has 45 heavy (non-hydrogen) atoms.